The lowest BCUT2D eigenvalue weighted by atomic mass is 9.72. The Morgan fingerprint density at radius 1 is 1.27 bits per heavy atom. The summed E-state index contributed by atoms with van der Waals surface area (Å²) in [6.07, 6.45) is 0. The molecule has 0 spiro atoms. The Labute approximate surface area is 92.9 Å². The second kappa shape index (κ2) is 3.30. The van der Waals surface area contributed by atoms with Crippen LogP contribution in [-0.4, -0.2) is 28.5 Å². The van der Waals surface area contributed by atoms with Gasteiger partial charge in [-0.1, -0.05) is 20.8 Å². The maximum atomic E-state index is 11.8. The van der Waals surface area contributed by atoms with Crippen molar-refractivity contribution in [1.29, 1.82) is 0 Å². The summed E-state index contributed by atoms with van der Waals surface area (Å²) in [6.45, 7) is 6.72. The molecule has 1 fully saturated rings. The van der Waals surface area contributed by atoms with E-state index in [2.05, 4.69) is 0 Å². The molecule has 0 aliphatic carbocycles. The predicted molar refractivity (Wildman–Crippen MR) is 53.6 cm³/mol. The highest BCUT2D eigenvalue weighted by atomic mass is 35.5. The summed E-state index contributed by atoms with van der Waals surface area (Å²) < 4.78 is 4.91. The minimum absolute atomic E-state index is 0.554. The molecule has 0 aromatic rings. The lowest BCUT2D eigenvalue weighted by Crippen LogP contribution is -2.60. The van der Waals surface area contributed by atoms with Gasteiger partial charge in [0.2, 0.25) is 5.78 Å². The molecule has 1 saturated heterocycles. The van der Waals surface area contributed by atoms with Crippen LogP contribution in [0.25, 0.3) is 0 Å². The minimum Gasteiger partial charge on any atom is -0.445 e. The lowest BCUT2D eigenvalue weighted by Gasteiger charge is -2.42. The second-order valence-electron chi connectivity index (χ2n) is 4.76. The van der Waals surface area contributed by atoms with Gasteiger partial charge in [0.15, 0.2) is 11.0 Å². The van der Waals surface area contributed by atoms with Gasteiger partial charge < -0.3 is 4.74 Å². The highest BCUT2D eigenvalue weighted by molar-refractivity contribution is 6.57. The zero-order valence-electron chi connectivity index (χ0n) is 9.09. The molecule has 1 rings (SSSR count). The number of hydrogen-bond acceptors (Lipinski definition) is 4. The third kappa shape index (κ3) is 1.67. The maximum absolute atomic E-state index is 11.8. The van der Waals surface area contributed by atoms with E-state index in [4.69, 9.17) is 16.3 Å². The number of rotatable bonds is 0. The Morgan fingerprint density at radius 3 is 2.13 bits per heavy atom. The summed E-state index contributed by atoms with van der Waals surface area (Å²) in [6, 6.07) is 0. The molecule has 0 N–H and O–H groups in total. The molecule has 2 unspecified atom stereocenters. The van der Waals surface area contributed by atoms with Gasteiger partial charge in [-0.05, 0) is 6.92 Å². The number of cyclic esters (lactones) is 1. The Kier molecular flexibility index (Phi) is 2.68. The van der Waals surface area contributed by atoms with Gasteiger partial charge in [0.25, 0.3) is 5.78 Å². The number of ketones is 2. The van der Waals surface area contributed by atoms with Crippen LogP contribution in [0.1, 0.15) is 27.7 Å². The van der Waals surface area contributed by atoms with Crippen LogP contribution in [0.4, 0.5) is 0 Å². The first-order chi connectivity index (χ1) is 6.61. The van der Waals surface area contributed by atoms with Gasteiger partial charge in [-0.15, -0.1) is 11.6 Å². The van der Waals surface area contributed by atoms with Crippen molar-refractivity contribution in [2.45, 2.75) is 38.7 Å². The van der Waals surface area contributed by atoms with E-state index < -0.39 is 33.9 Å². The molecule has 5 heteroatoms. The van der Waals surface area contributed by atoms with E-state index >= 15 is 0 Å². The molecule has 0 amide bonds. The van der Waals surface area contributed by atoms with Crippen LogP contribution in [0.5, 0.6) is 0 Å². The van der Waals surface area contributed by atoms with Crippen molar-refractivity contribution in [3.05, 3.63) is 0 Å². The Bertz CT molecular complexity index is 342. The predicted octanol–water partition coefficient (Wildman–Crippen LogP) is 1.09. The fourth-order valence-electron chi connectivity index (χ4n) is 1.27. The molecule has 0 aromatic heterocycles. The average Bonchev–Trinajstić information content (AvgIpc) is 2.10. The molecular weight excluding hydrogens is 220 g/mol. The van der Waals surface area contributed by atoms with E-state index in [9.17, 15) is 14.4 Å². The van der Waals surface area contributed by atoms with Crippen molar-refractivity contribution in [2.75, 3.05) is 0 Å². The van der Waals surface area contributed by atoms with Gasteiger partial charge >= 0.3 is 5.97 Å². The first-order valence-electron chi connectivity index (χ1n) is 4.57. The van der Waals surface area contributed by atoms with Crippen molar-refractivity contribution < 1.29 is 19.1 Å². The Balaban J connectivity index is 3.19. The zero-order chi connectivity index (χ0) is 12.0. The number of carbonyl (C=O) groups excluding carboxylic acids is 3. The molecule has 0 radical (unpaired) electrons. The third-order valence-corrected chi connectivity index (χ3v) is 3.26. The maximum Gasteiger partial charge on any atom is 0.377 e. The Hall–Kier alpha value is -0.900. The van der Waals surface area contributed by atoms with Gasteiger partial charge in [-0.2, -0.15) is 0 Å². The van der Waals surface area contributed by atoms with Gasteiger partial charge in [-0.3, -0.25) is 9.59 Å². The van der Waals surface area contributed by atoms with Gasteiger partial charge in [-0.25, -0.2) is 4.79 Å². The van der Waals surface area contributed by atoms with E-state index in [1.54, 1.807) is 20.8 Å². The van der Waals surface area contributed by atoms with Crippen molar-refractivity contribution in [3.8, 4) is 0 Å². The van der Waals surface area contributed by atoms with E-state index in [1.165, 1.54) is 6.92 Å². The highest BCUT2D eigenvalue weighted by Crippen LogP contribution is 2.38. The molecule has 1 aliphatic heterocycles. The number of Topliss-reactive ketones (excluding diaryl/α,β-unsaturated/α-hetero) is 2. The highest BCUT2D eigenvalue weighted by Gasteiger charge is 2.56. The summed E-state index contributed by atoms with van der Waals surface area (Å²) in [5.41, 5.74) is -1.95. The quantitative estimate of drug-likeness (QED) is 0.272. The first kappa shape index (κ1) is 12.2. The molecule has 4 nitrogen and oxygen atoms in total. The number of halogens is 1. The van der Waals surface area contributed by atoms with Crippen molar-refractivity contribution >= 4 is 29.1 Å². The minimum atomic E-state index is -1.42. The Morgan fingerprint density at radius 2 is 1.73 bits per heavy atom. The number of carbonyl (C=O) groups is 3. The first-order valence-corrected chi connectivity index (χ1v) is 5.00. The SMILES string of the molecule is CC(C)(C)C1(C)OC(=O)C(=O)C(Cl)C1=O. The van der Waals surface area contributed by atoms with Crippen LogP contribution < -0.4 is 0 Å². The molecule has 1 aliphatic rings. The fourth-order valence-corrected chi connectivity index (χ4v) is 1.57. The van der Waals surface area contributed by atoms with Crippen LogP contribution in [0.2, 0.25) is 0 Å². The number of alkyl halides is 1. The summed E-state index contributed by atoms with van der Waals surface area (Å²) >= 11 is 5.60. The van der Waals surface area contributed by atoms with Crippen molar-refractivity contribution in [1.82, 2.24) is 0 Å². The molecular formula is C10H13ClO4. The normalized spacial score (nSPS) is 32.9. The van der Waals surface area contributed by atoms with E-state index in [0.717, 1.165) is 0 Å². The number of ether oxygens (including phenoxy) is 1. The van der Waals surface area contributed by atoms with Crippen molar-refractivity contribution in [3.63, 3.8) is 0 Å². The van der Waals surface area contributed by atoms with Gasteiger partial charge in [0.05, 0.1) is 0 Å². The zero-order valence-corrected chi connectivity index (χ0v) is 9.84. The molecule has 1 heterocycles. The average molecular weight is 233 g/mol. The summed E-state index contributed by atoms with van der Waals surface area (Å²) in [5, 5.41) is -1.42. The van der Waals surface area contributed by atoms with Crippen LogP contribution in [0.3, 0.4) is 0 Å². The van der Waals surface area contributed by atoms with Crippen molar-refractivity contribution in [2.24, 2.45) is 5.41 Å². The number of hydrogen-bond donors (Lipinski definition) is 0. The van der Waals surface area contributed by atoms with Gasteiger partial charge in [0, 0.05) is 5.41 Å². The molecule has 2 atom stereocenters. The largest absolute Gasteiger partial charge is 0.445 e. The number of esters is 1. The summed E-state index contributed by atoms with van der Waals surface area (Å²) in [5.74, 6) is -2.57. The van der Waals surface area contributed by atoms with E-state index in [1.807, 2.05) is 0 Å². The third-order valence-electron chi connectivity index (χ3n) is 2.86. The van der Waals surface area contributed by atoms with E-state index in [-0.39, 0.29) is 0 Å². The summed E-state index contributed by atoms with van der Waals surface area (Å²) in [7, 11) is 0. The molecule has 0 saturated carbocycles. The topological polar surface area (TPSA) is 60.4 Å². The van der Waals surface area contributed by atoms with Crippen LogP contribution >= 0.6 is 11.6 Å². The molecule has 15 heavy (non-hydrogen) atoms. The van der Waals surface area contributed by atoms with Crippen LogP contribution in [0.15, 0.2) is 0 Å². The van der Waals surface area contributed by atoms with Crippen LogP contribution in [-0.2, 0) is 19.1 Å². The molecule has 84 valence electrons. The molecule has 0 bridgehead atoms. The van der Waals surface area contributed by atoms with E-state index in [0.29, 0.717) is 0 Å². The monoisotopic (exact) mass is 232 g/mol. The smallest absolute Gasteiger partial charge is 0.377 e. The lowest BCUT2D eigenvalue weighted by molar-refractivity contribution is -0.186. The standard InChI is InChI=1S/C10H13ClO4/c1-9(2,3)10(4)7(13)5(11)6(12)8(14)15-10/h5H,1-4H3. The van der Waals surface area contributed by atoms with Gasteiger partial charge in [0.1, 0.15) is 0 Å². The fraction of sp³-hybridized carbons (Fsp3) is 0.700. The summed E-state index contributed by atoms with van der Waals surface area (Å²) in [4.78, 5) is 34.1. The van der Waals surface area contributed by atoms with Crippen LogP contribution in [0, 0.1) is 5.41 Å². The second-order valence-corrected chi connectivity index (χ2v) is 5.20. The molecule has 0 aromatic carbocycles.